The molecule has 5 nitrogen and oxygen atoms in total. The number of nitrogens with one attached hydrogen (secondary N) is 4. The third kappa shape index (κ3) is 2.73. The number of halogens is 3. The van der Waals surface area contributed by atoms with Gasteiger partial charge in [-0.05, 0) is 62.8 Å². The molecule has 2 aliphatic heterocycles. The van der Waals surface area contributed by atoms with Gasteiger partial charge in [-0.15, -0.1) is 0 Å². The van der Waals surface area contributed by atoms with Crippen LogP contribution in [0.3, 0.4) is 0 Å². The summed E-state index contributed by atoms with van der Waals surface area (Å²) in [6.45, 7) is 4.10. The lowest BCUT2D eigenvalue weighted by atomic mass is 9.76. The molecule has 0 radical (unpaired) electrons. The summed E-state index contributed by atoms with van der Waals surface area (Å²) >= 11 is 0. The van der Waals surface area contributed by atoms with Gasteiger partial charge in [-0.2, -0.15) is 18.3 Å². The second-order valence-electron chi connectivity index (χ2n) is 8.02. The Labute approximate surface area is 166 Å². The zero-order chi connectivity index (χ0) is 20.3. The summed E-state index contributed by atoms with van der Waals surface area (Å²) in [4.78, 5) is 0. The Morgan fingerprint density at radius 1 is 1.03 bits per heavy atom. The lowest BCUT2D eigenvalue weighted by Crippen LogP contribution is -2.24. The molecule has 0 fully saturated rings. The van der Waals surface area contributed by atoms with E-state index in [0.717, 1.165) is 65.0 Å². The highest BCUT2D eigenvalue weighted by atomic mass is 19.4. The van der Waals surface area contributed by atoms with Gasteiger partial charge in [-0.1, -0.05) is 5.57 Å². The minimum atomic E-state index is -4.47. The van der Waals surface area contributed by atoms with E-state index in [1.807, 2.05) is 12.1 Å². The van der Waals surface area contributed by atoms with Gasteiger partial charge in [0.1, 0.15) is 5.69 Å². The van der Waals surface area contributed by atoms with Crippen LogP contribution < -0.4 is 16.2 Å². The molecule has 4 N–H and O–H groups in total. The molecule has 8 heteroatoms. The molecule has 0 saturated heterocycles. The number of aromatic nitrogens is 2. The molecular weight excluding hydrogens is 379 g/mol. The third-order valence-electron chi connectivity index (χ3n) is 6.00. The minimum Gasteiger partial charge on any atom is -0.374 e. The van der Waals surface area contributed by atoms with Crippen molar-refractivity contribution >= 4 is 22.6 Å². The number of H-pyrrole nitrogens is 1. The maximum Gasteiger partial charge on any atom is 0.433 e. The molecule has 5 rings (SSSR count). The Kier molecular flexibility index (Phi) is 3.94. The van der Waals surface area contributed by atoms with Crippen molar-refractivity contribution in [2.75, 3.05) is 10.7 Å². The number of aromatic amines is 1. The Hall–Kier alpha value is -2.90. The molecule has 3 aliphatic rings. The summed E-state index contributed by atoms with van der Waals surface area (Å²) in [6.07, 6.45) is 0.506. The van der Waals surface area contributed by atoms with Crippen LogP contribution in [0.1, 0.15) is 68.0 Å². The zero-order valence-electron chi connectivity index (χ0n) is 16.2. The highest BCUT2D eigenvalue weighted by Gasteiger charge is 2.41. The van der Waals surface area contributed by atoms with Crippen LogP contribution in [-0.2, 0) is 6.18 Å². The molecule has 0 bridgehead atoms. The number of hydrogen-bond donors (Lipinski definition) is 4. The van der Waals surface area contributed by atoms with Crippen molar-refractivity contribution < 1.29 is 13.2 Å². The molecule has 152 valence electrons. The molecule has 2 aromatic rings. The predicted molar refractivity (Wildman–Crippen MR) is 107 cm³/mol. The van der Waals surface area contributed by atoms with E-state index in [1.54, 1.807) is 0 Å². The summed E-state index contributed by atoms with van der Waals surface area (Å²) < 4.78 is 40.6. The van der Waals surface area contributed by atoms with Gasteiger partial charge in [0, 0.05) is 22.4 Å². The summed E-state index contributed by atoms with van der Waals surface area (Å²) in [5.74, 6) is 0. The number of hydrazine groups is 1. The molecule has 1 unspecified atom stereocenters. The second kappa shape index (κ2) is 6.30. The van der Waals surface area contributed by atoms with E-state index in [1.165, 1.54) is 11.8 Å². The number of hydrogen-bond acceptors (Lipinski definition) is 4. The van der Waals surface area contributed by atoms with Crippen LogP contribution in [0, 0.1) is 0 Å². The average molecular weight is 401 g/mol. The number of rotatable bonds is 1. The van der Waals surface area contributed by atoms with Gasteiger partial charge < -0.3 is 16.2 Å². The van der Waals surface area contributed by atoms with Gasteiger partial charge in [0.05, 0.1) is 23.6 Å². The van der Waals surface area contributed by atoms with E-state index < -0.39 is 17.9 Å². The maximum atomic E-state index is 13.5. The van der Waals surface area contributed by atoms with Gasteiger partial charge in [0.15, 0.2) is 0 Å². The molecule has 1 aromatic carbocycles. The van der Waals surface area contributed by atoms with Gasteiger partial charge in [-0.3, -0.25) is 5.10 Å². The smallest absolute Gasteiger partial charge is 0.374 e. The molecule has 1 aromatic heterocycles. The van der Waals surface area contributed by atoms with Crippen LogP contribution in [0.15, 0.2) is 29.5 Å². The van der Waals surface area contributed by atoms with Gasteiger partial charge in [0.25, 0.3) is 0 Å². The monoisotopic (exact) mass is 401 g/mol. The number of benzene rings is 1. The molecule has 29 heavy (non-hydrogen) atoms. The van der Waals surface area contributed by atoms with E-state index in [2.05, 4.69) is 40.2 Å². The summed E-state index contributed by atoms with van der Waals surface area (Å²) in [5.41, 5.74) is 14.3. The molecule has 0 amide bonds. The fourth-order valence-electron chi connectivity index (χ4n) is 4.75. The predicted octanol–water partition coefficient (Wildman–Crippen LogP) is 5.60. The third-order valence-corrected chi connectivity index (χ3v) is 6.00. The van der Waals surface area contributed by atoms with Gasteiger partial charge >= 0.3 is 6.18 Å². The van der Waals surface area contributed by atoms with Gasteiger partial charge in [-0.25, -0.2) is 0 Å². The number of allylic oxidation sites excluding steroid dienone is 2. The summed E-state index contributed by atoms with van der Waals surface area (Å²) in [6, 6.07) is 3.40. The SMILES string of the molecule is CC(C)=C1NNc2ccc3c(c21)C1=C(CCCC1)C(c1cn[nH]c1C(F)(F)F)N3. The molecule has 3 heterocycles. The number of anilines is 2. The van der Waals surface area contributed by atoms with Crippen LogP contribution in [0.4, 0.5) is 24.5 Å². The van der Waals surface area contributed by atoms with E-state index in [0.29, 0.717) is 0 Å². The largest absolute Gasteiger partial charge is 0.433 e. The highest BCUT2D eigenvalue weighted by Crippen LogP contribution is 2.52. The first-order valence-electron chi connectivity index (χ1n) is 9.82. The van der Waals surface area contributed by atoms with Crippen molar-refractivity contribution in [2.45, 2.75) is 51.7 Å². The lowest BCUT2D eigenvalue weighted by molar-refractivity contribution is -0.141. The Balaban J connectivity index is 1.73. The van der Waals surface area contributed by atoms with Gasteiger partial charge in [0.2, 0.25) is 0 Å². The molecule has 0 saturated carbocycles. The Morgan fingerprint density at radius 3 is 2.55 bits per heavy atom. The van der Waals surface area contributed by atoms with Crippen LogP contribution >= 0.6 is 0 Å². The first-order valence-corrected chi connectivity index (χ1v) is 9.82. The van der Waals surface area contributed by atoms with Crippen molar-refractivity contribution in [2.24, 2.45) is 0 Å². The lowest BCUT2D eigenvalue weighted by Gasteiger charge is -2.36. The minimum absolute atomic E-state index is 0.164. The van der Waals surface area contributed by atoms with E-state index in [-0.39, 0.29) is 5.56 Å². The summed E-state index contributed by atoms with van der Waals surface area (Å²) in [7, 11) is 0. The van der Waals surface area contributed by atoms with Crippen LogP contribution in [0.25, 0.3) is 11.3 Å². The van der Waals surface area contributed by atoms with E-state index >= 15 is 0 Å². The van der Waals surface area contributed by atoms with Crippen molar-refractivity contribution in [1.82, 2.24) is 15.6 Å². The van der Waals surface area contributed by atoms with Crippen LogP contribution in [0.5, 0.6) is 0 Å². The maximum absolute atomic E-state index is 13.5. The number of alkyl halides is 3. The van der Waals surface area contributed by atoms with Crippen LogP contribution in [0.2, 0.25) is 0 Å². The van der Waals surface area contributed by atoms with Crippen molar-refractivity contribution in [3.8, 4) is 0 Å². The topological polar surface area (TPSA) is 64.8 Å². The van der Waals surface area contributed by atoms with Crippen molar-refractivity contribution in [1.29, 1.82) is 0 Å². The van der Waals surface area contributed by atoms with Crippen LogP contribution in [-0.4, -0.2) is 10.2 Å². The molecule has 0 spiro atoms. The Bertz CT molecular complexity index is 1060. The standard InChI is InChI=1S/C21H22F3N5/c1-10(2)18-17-15(27-28-18)8-7-14-16(17)11-5-3-4-6-12(11)19(26-14)13-9-25-29-20(13)21(22,23)24/h7-9,19,26-28H,3-6H2,1-2H3,(H,25,29). The van der Waals surface area contributed by atoms with Crippen molar-refractivity contribution in [3.05, 3.63) is 51.9 Å². The highest BCUT2D eigenvalue weighted by molar-refractivity contribution is 5.97. The average Bonchev–Trinajstić information content (AvgIpc) is 3.34. The molecule has 1 aliphatic carbocycles. The summed E-state index contributed by atoms with van der Waals surface area (Å²) in [5, 5.41) is 9.28. The number of nitrogens with zero attached hydrogens (tertiary/aromatic N) is 1. The molecular formula is C21H22F3N5. The Morgan fingerprint density at radius 2 is 1.79 bits per heavy atom. The number of fused-ring (bicyclic) bond motifs is 4. The first kappa shape index (κ1) is 18.1. The quantitative estimate of drug-likeness (QED) is 0.502. The molecule has 1 atom stereocenters. The van der Waals surface area contributed by atoms with E-state index in [4.69, 9.17) is 0 Å². The fourth-order valence-corrected chi connectivity index (χ4v) is 4.75. The normalized spacial score (nSPS) is 20.3. The van der Waals surface area contributed by atoms with Crippen molar-refractivity contribution in [3.63, 3.8) is 0 Å². The fraction of sp³-hybridized carbons (Fsp3) is 0.381. The second-order valence-corrected chi connectivity index (χ2v) is 8.02. The first-order chi connectivity index (χ1) is 13.9. The zero-order valence-corrected chi connectivity index (χ0v) is 16.2. The van der Waals surface area contributed by atoms with E-state index in [9.17, 15) is 13.2 Å².